The van der Waals surface area contributed by atoms with Crippen molar-refractivity contribution in [2.75, 3.05) is 24.6 Å². The van der Waals surface area contributed by atoms with E-state index in [-0.39, 0.29) is 24.6 Å². The molecule has 3 heterocycles. The number of fused-ring (bicyclic) bond motifs is 1. The van der Waals surface area contributed by atoms with Crippen molar-refractivity contribution in [2.45, 2.75) is 46.6 Å². The first-order valence-corrected chi connectivity index (χ1v) is 10.00. The van der Waals surface area contributed by atoms with Gasteiger partial charge in [-0.15, -0.1) is 11.3 Å². The molecule has 0 saturated carbocycles. The van der Waals surface area contributed by atoms with E-state index in [2.05, 4.69) is 28.7 Å². The highest BCUT2D eigenvalue weighted by Crippen LogP contribution is 2.35. The van der Waals surface area contributed by atoms with Crippen LogP contribution in [0.15, 0.2) is 6.33 Å². The number of nitrogens with zero attached hydrogens (tertiary/aromatic N) is 3. The van der Waals surface area contributed by atoms with Gasteiger partial charge in [0.25, 0.3) is 0 Å². The Bertz CT molecular complexity index is 841. The Kier molecular flexibility index (Phi) is 5.94. The molecule has 3 rings (SSSR count). The summed E-state index contributed by atoms with van der Waals surface area (Å²) in [5, 5.41) is 1.11. The predicted molar refractivity (Wildman–Crippen MR) is 104 cm³/mol. The molecule has 146 valence electrons. The third kappa shape index (κ3) is 4.37. The summed E-state index contributed by atoms with van der Waals surface area (Å²) in [6.45, 7) is 8.83. The zero-order chi connectivity index (χ0) is 19.6. The summed E-state index contributed by atoms with van der Waals surface area (Å²) in [6, 6.07) is 0. The summed E-state index contributed by atoms with van der Waals surface area (Å²) in [5.74, 6) is -0.0990. The normalized spacial score (nSPS) is 15.4. The van der Waals surface area contributed by atoms with Crippen molar-refractivity contribution < 1.29 is 19.1 Å². The van der Waals surface area contributed by atoms with E-state index < -0.39 is 5.97 Å². The molecule has 0 aliphatic carbocycles. The number of rotatable bonds is 5. The lowest BCUT2D eigenvalue weighted by Crippen LogP contribution is -2.38. The van der Waals surface area contributed by atoms with Crippen molar-refractivity contribution in [2.24, 2.45) is 5.92 Å². The largest absolute Gasteiger partial charge is 0.460 e. The van der Waals surface area contributed by atoms with Gasteiger partial charge in [-0.2, -0.15) is 0 Å². The van der Waals surface area contributed by atoms with E-state index in [1.165, 1.54) is 10.4 Å². The smallest absolute Gasteiger partial charge is 0.344 e. The zero-order valence-corrected chi connectivity index (χ0v) is 17.0. The van der Waals surface area contributed by atoms with Crippen molar-refractivity contribution in [3.63, 3.8) is 0 Å². The fraction of sp³-hybridized carbons (Fsp3) is 0.579. The lowest BCUT2D eigenvalue weighted by Gasteiger charge is -2.32. The monoisotopic (exact) mass is 391 g/mol. The lowest BCUT2D eigenvalue weighted by atomic mass is 9.97. The van der Waals surface area contributed by atoms with Gasteiger partial charge in [0.1, 0.15) is 17.0 Å². The Hall–Kier alpha value is -2.22. The van der Waals surface area contributed by atoms with E-state index in [9.17, 15) is 9.59 Å². The highest BCUT2D eigenvalue weighted by Gasteiger charge is 2.28. The third-order valence-electron chi connectivity index (χ3n) is 4.77. The maximum Gasteiger partial charge on any atom is 0.344 e. The minimum atomic E-state index is -0.512. The molecular formula is C19H25N3O4S. The molecule has 1 aliphatic rings. The molecule has 1 fully saturated rings. The SMILES string of the molecule is Cc1sc2ncnc(N3CCC(C(=O)OCC(=O)OC(C)C)CC3)c2c1C. The first-order chi connectivity index (χ1) is 12.9. The molecule has 1 saturated heterocycles. The average molecular weight is 391 g/mol. The van der Waals surface area contributed by atoms with Crippen LogP contribution in [0.1, 0.15) is 37.1 Å². The number of anilines is 1. The van der Waals surface area contributed by atoms with Crippen molar-refractivity contribution in [3.05, 3.63) is 16.8 Å². The number of aryl methyl sites for hydroxylation is 2. The van der Waals surface area contributed by atoms with Crippen molar-refractivity contribution in [3.8, 4) is 0 Å². The van der Waals surface area contributed by atoms with Crippen molar-refractivity contribution in [1.82, 2.24) is 9.97 Å². The Morgan fingerprint density at radius 3 is 2.63 bits per heavy atom. The minimum Gasteiger partial charge on any atom is -0.460 e. The average Bonchev–Trinajstić information content (AvgIpc) is 2.93. The second-order valence-corrected chi connectivity index (χ2v) is 8.27. The number of hydrogen-bond donors (Lipinski definition) is 0. The summed E-state index contributed by atoms with van der Waals surface area (Å²) < 4.78 is 10.1. The van der Waals surface area contributed by atoms with Crippen LogP contribution < -0.4 is 4.90 Å². The summed E-state index contributed by atoms with van der Waals surface area (Å²) >= 11 is 1.68. The molecule has 2 aromatic rings. The Labute approximate surface area is 162 Å². The number of carbonyl (C=O) groups excluding carboxylic acids is 2. The second-order valence-electron chi connectivity index (χ2n) is 7.07. The number of hydrogen-bond acceptors (Lipinski definition) is 8. The van der Waals surface area contributed by atoms with Gasteiger partial charge < -0.3 is 14.4 Å². The van der Waals surface area contributed by atoms with Gasteiger partial charge in [-0.3, -0.25) is 4.79 Å². The second kappa shape index (κ2) is 8.21. The molecule has 8 heteroatoms. The summed E-state index contributed by atoms with van der Waals surface area (Å²) in [5.41, 5.74) is 1.22. The topological polar surface area (TPSA) is 81.6 Å². The number of aromatic nitrogens is 2. The van der Waals surface area contributed by atoms with Gasteiger partial charge in [0.2, 0.25) is 0 Å². The van der Waals surface area contributed by atoms with Gasteiger partial charge in [-0.25, -0.2) is 14.8 Å². The molecule has 0 bridgehead atoms. The number of carbonyl (C=O) groups is 2. The van der Waals surface area contributed by atoms with E-state index in [0.29, 0.717) is 12.8 Å². The standard InChI is InChI=1S/C19H25N3O4S/c1-11(2)26-15(23)9-25-19(24)14-5-7-22(8-6-14)17-16-12(3)13(4)27-18(16)21-10-20-17/h10-11,14H,5-9H2,1-4H3. The first kappa shape index (κ1) is 19.5. The quantitative estimate of drug-likeness (QED) is 0.725. The number of esters is 2. The zero-order valence-electron chi connectivity index (χ0n) is 16.2. The Morgan fingerprint density at radius 1 is 1.26 bits per heavy atom. The molecule has 2 aromatic heterocycles. The van der Waals surface area contributed by atoms with Crippen LogP contribution in [0, 0.1) is 19.8 Å². The molecule has 27 heavy (non-hydrogen) atoms. The van der Waals surface area contributed by atoms with E-state index in [4.69, 9.17) is 9.47 Å². The van der Waals surface area contributed by atoms with E-state index in [0.717, 1.165) is 29.1 Å². The fourth-order valence-electron chi connectivity index (χ4n) is 3.28. The molecule has 0 amide bonds. The molecule has 1 aliphatic heterocycles. The van der Waals surface area contributed by atoms with Gasteiger partial charge in [-0.05, 0) is 46.1 Å². The summed E-state index contributed by atoms with van der Waals surface area (Å²) in [6.07, 6.45) is 2.74. The fourth-order valence-corrected chi connectivity index (χ4v) is 4.27. The number of ether oxygens (including phenoxy) is 2. The summed E-state index contributed by atoms with van der Waals surface area (Å²) in [4.78, 5) is 37.1. The van der Waals surface area contributed by atoms with Gasteiger partial charge in [0, 0.05) is 18.0 Å². The predicted octanol–water partition coefficient (Wildman–Crippen LogP) is 3.02. The molecule has 0 aromatic carbocycles. The van der Waals surface area contributed by atoms with Crippen LogP contribution in [0.5, 0.6) is 0 Å². The highest BCUT2D eigenvalue weighted by molar-refractivity contribution is 7.18. The molecule has 7 nitrogen and oxygen atoms in total. The minimum absolute atomic E-state index is 0.198. The van der Waals surface area contributed by atoms with Gasteiger partial charge in [0.15, 0.2) is 6.61 Å². The molecular weight excluding hydrogens is 366 g/mol. The maximum absolute atomic E-state index is 12.2. The number of piperidine rings is 1. The van der Waals surface area contributed by atoms with Gasteiger partial charge in [0.05, 0.1) is 17.4 Å². The Balaban J connectivity index is 1.59. The van der Waals surface area contributed by atoms with E-state index in [1.54, 1.807) is 31.5 Å². The van der Waals surface area contributed by atoms with Gasteiger partial charge >= 0.3 is 11.9 Å². The van der Waals surface area contributed by atoms with Crippen LogP contribution in [0.2, 0.25) is 0 Å². The number of thiophene rings is 1. The van der Waals surface area contributed by atoms with E-state index in [1.807, 2.05) is 0 Å². The summed E-state index contributed by atoms with van der Waals surface area (Å²) in [7, 11) is 0. The first-order valence-electron chi connectivity index (χ1n) is 9.18. The van der Waals surface area contributed by atoms with Crippen LogP contribution in [0.25, 0.3) is 10.2 Å². The van der Waals surface area contributed by atoms with Crippen molar-refractivity contribution in [1.29, 1.82) is 0 Å². The molecule has 0 spiro atoms. The van der Waals surface area contributed by atoms with Gasteiger partial charge in [-0.1, -0.05) is 0 Å². The van der Waals surface area contributed by atoms with Crippen LogP contribution in [0.3, 0.4) is 0 Å². The molecule has 0 radical (unpaired) electrons. The Morgan fingerprint density at radius 2 is 1.96 bits per heavy atom. The van der Waals surface area contributed by atoms with Crippen LogP contribution in [0.4, 0.5) is 5.82 Å². The highest BCUT2D eigenvalue weighted by atomic mass is 32.1. The lowest BCUT2D eigenvalue weighted by molar-refractivity contribution is -0.163. The molecule has 0 unspecified atom stereocenters. The van der Waals surface area contributed by atoms with Crippen LogP contribution >= 0.6 is 11.3 Å². The van der Waals surface area contributed by atoms with Crippen LogP contribution in [-0.4, -0.2) is 47.7 Å². The molecule has 0 atom stereocenters. The van der Waals surface area contributed by atoms with Crippen molar-refractivity contribution >= 4 is 39.3 Å². The maximum atomic E-state index is 12.2. The third-order valence-corrected chi connectivity index (χ3v) is 5.89. The van der Waals surface area contributed by atoms with E-state index >= 15 is 0 Å². The van der Waals surface area contributed by atoms with Crippen LogP contribution in [-0.2, 0) is 19.1 Å². The molecule has 0 N–H and O–H groups in total.